The lowest BCUT2D eigenvalue weighted by Crippen LogP contribution is -2.48. The lowest BCUT2D eigenvalue weighted by atomic mass is 9.81. The molecule has 194 valence electrons. The summed E-state index contributed by atoms with van der Waals surface area (Å²) in [5.41, 5.74) is -1.01. The van der Waals surface area contributed by atoms with Crippen LogP contribution in [0, 0.1) is 17.2 Å². The summed E-state index contributed by atoms with van der Waals surface area (Å²) in [5, 5.41) is 19.9. The number of fused-ring (bicyclic) bond motifs is 1. The number of alkyl halides is 3. The molecular weight excluding hydrogens is 502 g/mol. The summed E-state index contributed by atoms with van der Waals surface area (Å²) in [6.07, 6.45) is -4.15. The smallest absolute Gasteiger partial charge is 0.481 e. The molecule has 0 saturated carbocycles. The molecule has 0 aromatic heterocycles. The number of nitrogens with zero attached hydrogens (tertiary/aromatic N) is 2. The van der Waals surface area contributed by atoms with Gasteiger partial charge in [0.1, 0.15) is 17.3 Å². The highest BCUT2D eigenvalue weighted by Gasteiger charge is 2.57. The minimum Gasteiger partial charge on any atom is -0.481 e. The number of sulfonamides is 1. The predicted molar refractivity (Wildman–Crippen MR) is 110 cm³/mol. The van der Waals surface area contributed by atoms with E-state index in [1.165, 1.54) is 21.3 Å². The second-order valence-electron chi connectivity index (χ2n) is 8.54. The van der Waals surface area contributed by atoms with Gasteiger partial charge >= 0.3 is 18.1 Å². The molecular formula is C20H23F4N3O7S. The van der Waals surface area contributed by atoms with Crippen molar-refractivity contribution in [1.82, 2.24) is 14.5 Å². The largest absolute Gasteiger partial charge is 0.490 e. The number of amides is 1. The third kappa shape index (κ3) is 5.26. The standard InChI is InChI=1S/C18H22FN3O5S.C2HF3O2/c19-13-3-5-14(6-4-13)28(26,27)22-7-1-2-15(22)16(23)21-9-12-8-20-10-18(12,11-21)17(24)25;3-2(4,5)1(6)7/h3-6,12,15,20H,1-2,7-11H2,(H,24,25);(H,6,7)/t12-,15?,18-;/m0./s1. The zero-order chi connectivity index (χ0) is 26.2. The summed E-state index contributed by atoms with van der Waals surface area (Å²) >= 11 is 0. The van der Waals surface area contributed by atoms with Crippen LogP contribution in [0.15, 0.2) is 29.2 Å². The Labute approximate surface area is 197 Å². The quantitative estimate of drug-likeness (QED) is 0.489. The Kier molecular flexibility index (Phi) is 7.43. The second kappa shape index (κ2) is 9.70. The average Bonchev–Trinajstić information content (AvgIpc) is 3.48. The van der Waals surface area contributed by atoms with Crippen LogP contribution in [-0.2, 0) is 24.4 Å². The first-order chi connectivity index (χ1) is 16.2. The Bertz CT molecular complexity index is 1100. The van der Waals surface area contributed by atoms with Crippen molar-refractivity contribution in [3.05, 3.63) is 30.1 Å². The Morgan fingerprint density at radius 2 is 1.71 bits per heavy atom. The molecule has 1 amide bonds. The van der Waals surface area contributed by atoms with Crippen LogP contribution in [0.3, 0.4) is 0 Å². The van der Waals surface area contributed by atoms with E-state index in [2.05, 4.69) is 5.32 Å². The van der Waals surface area contributed by atoms with Crippen molar-refractivity contribution in [1.29, 1.82) is 0 Å². The van der Waals surface area contributed by atoms with E-state index in [1.54, 1.807) is 0 Å². The third-order valence-electron chi connectivity index (χ3n) is 6.42. The van der Waals surface area contributed by atoms with Gasteiger partial charge in [0, 0.05) is 38.6 Å². The molecule has 3 fully saturated rings. The molecule has 0 radical (unpaired) electrons. The van der Waals surface area contributed by atoms with Gasteiger partial charge in [-0.3, -0.25) is 9.59 Å². The summed E-state index contributed by atoms with van der Waals surface area (Å²) in [6, 6.07) is 3.68. The van der Waals surface area contributed by atoms with Crippen LogP contribution in [0.4, 0.5) is 17.6 Å². The monoisotopic (exact) mass is 525 g/mol. The van der Waals surface area contributed by atoms with Crippen LogP contribution in [0.2, 0.25) is 0 Å². The highest BCUT2D eigenvalue weighted by Crippen LogP contribution is 2.40. The van der Waals surface area contributed by atoms with E-state index in [0.29, 0.717) is 32.5 Å². The summed E-state index contributed by atoms with van der Waals surface area (Å²) in [4.78, 5) is 35.3. The van der Waals surface area contributed by atoms with Gasteiger partial charge in [-0.1, -0.05) is 0 Å². The molecule has 0 bridgehead atoms. The van der Waals surface area contributed by atoms with Gasteiger partial charge in [-0.25, -0.2) is 17.6 Å². The van der Waals surface area contributed by atoms with Crippen molar-refractivity contribution in [2.75, 3.05) is 32.7 Å². The molecule has 1 unspecified atom stereocenters. The van der Waals surface area contributed by atoms with Gasteiger partial charge in [0.05, 0.1) is 4.90 Å². The van der Waals surface area contributed by atoms with Gasteiger partial charge in [-0.15, -0.1) is 0 Å². The fourth-order valence-corrected chi connectivity index (χ4v) is 6.27. The Balaban J connectivity index is 0.000000429. The molecule has 3 saturated heterocycles. The van der Waals surface area contributed by atoms with E-state index < -0.39 is 45.4 Å². The fraction of sp³-hybridized carbons (Fsp3) is 0.550. The molecule has 0 aliphatic carbocycles. The maximum Gasteiger partial charge on any atom is 0.490 e. The zero-order valence-electron chi connectivity index (χ0n) is 18.2. The highest BCUT2D eigenvalue weighted by atomic mass is 32.2. The van der Waals surface area contributed by atoms with E-state index in [1.807, 2.05) is 0 Å². The summed E-state index contributed by atoms with van der Waals surface area (Å²) in [7, 11) is -3.94. The van der Waals surface area contributed by atoms with Crippen molar-refractivity contribution >= 4 is 27.9 Å². The molecule has 35 heavy (non-hydrogen) atoms. The van der Waals surface area contributed by atoms with Gasteiger partial charge in [-0.2, -0.15) is 17.5 Å². The van der Waals surface area contributed by atoms with Crippen molar-refractivity contribution < 1.29 is 50.6 Å². The predicted octanol–water partition coefficient (Wildman–Crippen LogP) is 0.745. The molecule has 3 aliphatic heterocycles. The third-order valence-corrected chi connectivity index (χ3v) is 8.34. The maximum atomic E-state index is 13.2. The molecule has 0 spiro atoms. The number of aliphatic carboxylic acids is 2. The molecule has 1 aromatic rings. The van der Waals surface area contributed by atoms with Crippen molar-refractivity contribution in [2.45, 2.75) is 30.0 Å². The molecule has 1 aromatic carbocycles. The Hall–Kier alpha value is -2.78. The molecule has 3 atom stereocenters. The van der Waals surface area contributed by atoms with E-state index in [0.717, 1.165) is 12.1 Å². The Morgan fingerprint density at radius 1 is 1.11 bits per heavy atom. The number of carbonyl (C=O) groups excluding carboxylic acids is 1. The minimum absolute atomic E-state index is 0.0573. The number of hydrogen-bond acceptors (Lipinski definition) is 6. The number of hydrogen-bond donors (Lipinski definition) is 3. The van der Waals surface area contributed by atoms with Gasteiger partial charge in [0.25, 0.3) is 0 Å². The van der Waals surface area contributed by atoms with Crippen LogP contribution in [0.5, 0.6) is 0 Å². The van der Waals surface area contributed by atoms with Gasteiger partial charge < -0.3 is 20.4 Å². The molecule has 3 aliphatic rings. The number of likely N-dealkylation sites (tertiary alicyclic amines) is 1. The molecule has 3 heterocycles. The second-order valence-corrected chi connectivity index (χ2v) is 10.4. The SMILES string of the molecule is O=C(C1CCCN1S(=O)(=O)c1ccc(F)cc1)N1C[C@@H]2CNC[C@]2(C(=O)O)C1.O=C(O)C(F)(F)F. The van der Waals surface area contributed by atoms with Gasteiger partial charge in [0.2, 0.25) is 15.9 Å². The Morgan fingerprint density at radius 3 is 2.23 bits per heavy atom. The van der Waals surface area contributed by atoms with Crippen LogP contribution in [-0.4, -0.2) is 90.6 Å². The van der Waals surface area contributed by atoms with E-state index in [9.17, 15) is 40.7 Å². The number of halogens is 4. The number of benzene rings is 1. The average molecular weight is 525 g/mol. The fourth-order valence-electron chi connectivity index (χ4n) is 4.62. The summed E-state index contributed by atoms with van der Waals surface area (Å²) in [6.45, 7) is 1.43. The van der Waals surface area contributed by atoms with Crippen LogP contribution in [0.1, 0.15) is 12.8 Å². The summed E-state index contributed by atoms with van der Waals surface area (Å²) < 4.78 is 72.0. The molecule has 4 rings (SSSR count). The topological polar surface area (TPSA) is 144 Å². The van der Waals surface area contributed by atoms with Gasteiger partial charge in [0.15, 0.2) is 0 Å². The van der Waals surface area contributed by atoms with Crippen LogP contribution >= 0.6 is 0 Å². The number of carbonyl (C=O) groups is 3. The maximum absolute atomic E-state index is 13.2. The van der Waals surface area contributed by atoms with Crippen molar-refractivity contribution in [3.63, 3.8) is 0 Å². The molecule has 10 nitrogen and oxygen atoms in total. The molecule has 3 N–H and O–H groups in total. The first-order valence-electron chi connectivity index (χ1n) is 10.5. The number of rotatable bonds is 4. The first kappa shape index (κ1) is 26.8. The summed E-state index contributed by atoms with van der Waals surface area (Å²) in [5.74, 6) is -4.76. The number of carboxylic acids is 2. The van der Waals surface area contributed by atoms with E-state index in [-0.39, 0.29) is 29.8 Å². The number of carboxylic acid groups (broad SMARTS) is 2. The number of nitrogens with one attached hydrogen (secondary N) is 1. The van der Waals surface area contributed by atoms with E-state index in [4.69, 9.17) is 9.90 Å². The van der Waals surface area contributed by atoms with Crippen molar-refractivity contribution in [3.8, 4) is 0 Å². The highest BCUT2D eigenvalue weighted by molar-refractivity contribution is 7.89. The first-order valence-corrected chi connectivity index (χ1v) is 11.9. The minimum atomic E-state index is -5.08. The van der Waals surface area contributed by atoms with Gasteiger partial charge in [-0.05, 0) is 37.1 Å². The van der Waals surface area contributed by atoms with E-state index >= 15 is 0 Å². The normalized spacial score (nSPS) is 26.7. The van der Waals surface area contributed by atoms with Crippen LogP contribution in [0.25, 0.3) is 0 Å². The lowest BCUT2D eigenvalue weighted by Gasteiger charge is -2.28. The lowest BCUT2D eigenvalue weighted by molar-refractivity contribution is -0.192. The van der Waals surface area contributed by atoms with Crippen LogP contribution < -0.4 is 5.32 Å². The molecule has 15 heteroatoms. The van der Waals surface area contributed by atoms with Crippen molar-refractivity contribution in [2.24, 2.45) is 11.3 Å². The zero-order valence-corrected chi connectivity index (χ0v) is 19.0.